The van der Waals surface area contributed by atoms with Crippen molar-refractivity contribution in [3.63, 3.8) is 0 Å². The van der Waals surface area contributed by atoms with Crippen LogP contribution in [0.4, 0.5) is 15.8 Å². The molecule has 1 heterocycles. The molecule has 2 amide bonds. The molecular weight excluding hydrogens is 361 g/mol. The number of carbonyl (C=O) groups excluding carboxylic acids is 2. The Morgan fingerprint density at radius 2 is 1.86 bits per heavy atom. The summed E-state index contributed by atoms with van der Waals surface area (Å²) in [5.41, 5.74) is 8.25. The van der Waals surface area contributed by atoms with E-state index < -0.39 is 11.7 Å². The highest BCUT2D eigenvalue weighted by atomic mass is 19.1. The highest BCUT2D eigenvalue weighted by Crippen LogP contribution is 2.22. The number of carbonyl (C=O) groups is 2. The summed E-state index contributed by atoms with van der Waals surface area (Å²) >= 11 is 0. The third-order valence-corrected chi connectivity index (χ3v) is 4.24. The van der Waals surface area contributed by atoms with Gasteiger partial charge in [-0.25, -0.2) is 9.07 Å². The van der Waals surface area contributed by atoms with Gasteiger partial charge in [0.05, 0.1) is 34.9 Å². The maximum Gasteiger partial charge on any atom is 0.251 e. The van der Waals surface area contributed by atoms with Crippen molar-refractivity contribution < 1.29 is 14.0 Å². The van der Waals surface area contributed by atoms with Gasteiger partial charge in [0, 0.05) is 5.69 Å². The lowest BCUT2D eigenvalue weighted by atomic mass is 10.2. The summed E-state index contributed by atoms with van der Waals surface area (Å²) in [7, 11) is 0. The summed E-state index contributed by atoms with van der Waals surface area (Å²) in [6.07, 6.45) is 0. The normalized spacial score (nSPS) is 10.5. The van der Waals surface area contributed by atoms with E-state index in [2.05, 4.69) is 15.7 Å². The van der Waals surface area contributed by atoms with E-state index in [1.165, 1.54) is 12.1 Å². The van der Waals surface area contributed by atoms with Gasteiger partial charge in [-0.3, -0.25) is 9.59 Å². The number of aryl methyl sites for hydroxylation is 1. The Hall–Kier alpha value is -3.68. The van der Waals surface area contributed by atoms with Gasteiger partial charge in [0.25, 0.3) is 5.91 Å². The van der Waals surface area contributed by atoms with Crippen molar-refractivity contribution >= 4 is 23.2 Å². The molecule has 28 heavy (non-hydrogen) atoms. The number of benzene rings is 2. The Morgan fingerprint density at radius 3 is 2.50 bits per heavy atom. The van der Waals surface area contributed by atoms with Crippen LogP contribution in [0, 0.1) is 19.7 Å². The fourth-order valence-electron chi connectivity index (χ4n) is 2.84. The lowest BCUT2D eigenvalue weighted by Gasteiger charge is -2.09. The number of para-hydroxylation sites is 1. The van der Waals surface area contributed by atoms with Crippen LogP contribution < -0.4 is 16.4 Å². The van der Waals surface area contributed by atoms with Crippen molar-refractivity contribution in [2.24, 2.45) is 5.73 Å². The molecule has 3 rings (SSSR count). The topological polar surface area (TPSA) is 102 Å². The van der Waals surface area contributed by atoms with E-state index in [4.69, 9.17) is 5.73 Å². The monoisotopic (exact) mass is 381 g/mol. The van der Waals surface area contributed by atoms with Crippen molar-refractivity contribution in [2.45, 2.75) is 13.8 Å². The molecule has 1 aromatic heterocycles. The fraction of sp³-hybridized carbons (Fsp3) is 0.150. The molecule has 2 aromatic carbocycles. The van der Waals surface area contributed by atoms with E-state index in [0.717, 1.165) is 17.4 Å². The first-order valence-electron chi connectivity index (χ1n) is 8.61. The second kappa shape index (κ2) is 7.91. The highest BCUT2D eigenvalue weighted by molar-refractivity contribution is 5.95. The molecule has 7 nitrogen and oxygen atoms in total. The van der Waals surface area contributed by atoms with E-state index in [-0.39, 0.29) is 18.0 Å². The summed E-state index contributed by atoms with van der Waals surface area (Å²) in [6, 6.07) is 13.5. The number of primary amides is 1. The Kier molecular flexibility index (Phi) is 5.39. The molecule has 0 spiro atoms. The minimum absolute atomic E-state index is 0.0786. The SMILES string of the molecule is Cc1nn(-c2ccccc2)c(C)c1NC(=O)CNc1ccc(C(N)=O)c(F)c1. The van der Waals surface area contributed by atoms with Crippen LogP contribution in [0.2, 0.25) is 0 Å². The van der Waals surface area contributed by atoms with Crippen molar-refractivity contribution in [1.82, 2.24) is 9.78 Å². The summed E-state index contributed by atoms with van der Waals surface area (Å²) in [5.74, 6) is -1.89. The van der Waals surface area contributed by atoms with Gasteiger partial charge in [0.2, 0.25) is 5.91 Å². The number of nitrogens with one attached hydrogen (secondary N) is 2. The summed E-state index contributed by atoms with van der Waals surface area (Å²) in [4.78, 5) is 23.4. The lowest BCUT2D eigenvalue weighted by molar-refractivity contribution is -0.114. The van der Waals surface area contributed by atoms with Crippen LogP contribution in [0.5, 0.6) is 0 Å². The Balaban J connectivity index is 1.68. The van der Waals surface area contributed by atoms with Crippen molar-refractivity contribution in [2.75, 3.05) is 17.2 Å². The van der Waals surface area contributed by atoms with Gasteiger partial charge in [0.15, 0.2) is 0 Å². The van der Waals surface area contributed by atoms with Crippen LogP contribution in [-0.2, 0) is 4.79 Å². The molecule has 0 atom stereocenters. The number of aromatic nitrogens is 2. The average Bonchev–Trinajstić information content (AvgIpc) is 2.95. The van der Waals surface area contributed by atoms with Crippen molar-refractivity contribution in [3.05, 3.63) is 71.3 Å². The zero-order valence-corrected chi connectivity index (χ0v) is 15.5. The highest BCUT2D eigenvalue weighted by Gasteiger charge is 2.15. The molecule has 0 fully saturated rings. The first-order chi connectivity index (χ1) is 13.4. The average molecular weight is 381 g/mol. The van der Waals surface area contributed by atoms with E-state index in [1.54, 1.807) is 4.68 Å². The summed E-state index contributed by atoms with van der Waals surface area (Å²) in [6.45, 7) is 3.60. The van der Waals surface area contributed by atoms with Crippen LogP contribution in [0.3, 0.4) is 0 Å². The van der Waals surface area contributed by atoms with Gasteiger partial charge in [-0.15, -0.1) is 0 Å². The first kappa shape index (κ1) is 19.1. The van der Waals surface area contributed by atoms with Gasteiger partial charge in [0.1, 0.15) is 5.82 Å². The zero-order valence-electron chi connectivity index (χ0n) is 15.5. The lowest BCUT2D eigenvalue weighted by Crippen LogP contribution is -2.22. The van der Waals surface area contributed by atoms with Gasteiger partial charge in [-0.2, -0.15) is 5.10 Å². The van der Waals surface area contributed by atoms with Gasteiger partial charge in [-0.05, 0) is 44.2 Å². The molecule has 0 saturated heterocycles. The number of rotatable bonds is 6. The molecule has 0 radical (unpaired) electrons. The largest absolute Gasteiger partial charge is 0.376 e. The van der Waals surface area contributed by atoms with Crippen LogP contribution in [-0.4, -0.2) is 28.1 Å². The Morgan fingerprint density at radius 1 is 1.14 bits per heavy atom. The van der Waals surface area contributed by atoms with Gasteiger partial charge in [-0.1, -0.05) is 18.2 Å². The smallest absolute Gasteiger partial charge is 0.251 e. The van der Waals surface area contributed by atoms with Gasteiger partial charge < -0.3 is 16.4 Å². The van der Waals surface area contributed by atoms with Crippen LogP contribution >= 0.6 is 0 Å². The second-order valence-electron chi connectivity index (χ2n) is 6.25. The number of anilines is 2. The standard InChI is InChI=1S/C20H20FN5O2/c1-12-19(13(2)26(25-12)15-6-4-3-5-7-15)24-18(27)11-23-14-8-9-16(20(22)28)17(21)10-14/h3-10,23H,11H2,1-2H3,(H2,22,28)(H,24,27). The quantitative estimate of drug-likeness (QED) is 0.611. The van der Waals surface area contributed by atoms with Gasteiger partial charge >= 0.3 is 0 Å². The molecule has 4 N–H and O–H groups in total. The number of nitrogens with zero attached hydrogens (tertiary/aromatic N) is 2. The fourth-order valence-corrected chi connectivity index (χ4v) is 2.84. The Bertz CT molecular complexity index is 1030. The van der Waals surface area contributed by atoms with E-state index >= 15 is 0 Å². The minimum Gasteiger partial charge on any atom is -0.376 e. The molecule has 0 bridgehead atoms. The van der Waals surface area contributed by atoms with E-state index in [9.17, 15) is 14.0 Å². The summed E-state index contributed by atoms with van der Waals surface area (Å²) < 4.78 is 15.5. The molecule has 0 aliphatic carbocycles. The van der Waals surface area contributed by atoms with Crippen LogP contribution in [0.1, 0.15) is 21.7 Å². The maximum absolute atomic E-state index is 13.8. The molecule has 0 unspecified atom stereocenters. The van der Waals surface area contributed by atoms with E-state index in [0.29, 0.717) is 17.1 Å². The molecule has 0 saturated carbocycles. The van der Waals surface area contributed by atoms with Crippen LogP contribution in [0.25, 0.3) is 5.69 Å². The molecule has 0 aliphatic heterocycles. The number of halogens is 1. The molecule has 3 aromatic rings. The minimum atomic E-state index is -0.844. The Labute approximate surface area is 161 Å². The van der Waals surface area contributed by atoms with E-state index in [1.807, 2.05) is 44.2 Å². The number of amides is 2. The number of hydrogen-bond donors (Lipinski definition) is 3. The van der Waals surface area contributed by atoms with Crippen molar-refractivity contribution in [1.29, 1.82) is 0 Å². The third kappa shape index (κ3) is 4.01. The second-order valence-corrected chi connectivity index (χ2v) is 6.25. The number of nitrogens with two attached hydrogens (primary N) is 1. The predicted octanol–water partition coefficient (Wildman–Crippen LogP) is 2.78. The molecule has 0 aliphatic rings. The summed E-state index contributed by atoms with van der Waals surface area (Å²) in [5, 5.41) is 10.1. The number of hydrogen-bond acceptors (Lipinski definition) is 4. The third-order valence-electron chi connectivity index (χ3n) is 4.24. The molecule has 8 heteroatoms. The van der Waals surface area contributed by atoms with Crippen LogP contribution in [0.15, 0.2) is 48.5 Å². The van der Waals surface area contributed by atoms with Crippen molar-refractivity contribution in [3.8, 4) is 5.69 Å². The first-order valence-corrected chi connectivity index (χ1v) is 8.61. The zero-order chi connectivity index (χ0) is 20.3. The molecule has 144 valence electrons. The maximum atomic E-state index is 13.8. The predicted molar refractivity (Wildman–Crippen MR) is 105 cm³/mol. The molecular formula is C20H20FN5O2.